The minimum absolute atomic E-state index is 0.128. The van der Waals surface area contributed by atoms with Crippen LogP contribution in [0, 0.1) is 5.41 Å². The van der Waals surface area contributed by atoms with Crippen molar-refractivity contribution in [2.45, 2.75) is 26.4 Å². The Morgan fingerprint density at radius 1 is 1.50 bits per heavy atom. The summed E-state index contributed by atoms with van der Waals surface area (Å²) >= 11 is 0. The molecular weight excluding hydrogens is 180 g/mol. The molecule has 0 saturated heterocycles. The van der Waals surface area contributed by atoms with Crippen molar-refractivity contribution in [3.05, 3.63) is 12.2 Å². The quantitative estimate of drug-likeness (QED) is 0.701. The van der Waals surface area contributed by atoms with Crippen molar-refractivity contribution in [3.63, 3.8) is 0 Å². The Morgan fingerprint density at radius 2 is 2.07 bits per heavy atom. The van der Waals surface area contributed by atoms with Crippen molar-refractivity contribution in [2.75, 3.05) is 6.54 Å². The SMILES string of the molecule is Cn1cnnc1C(O)(CN)C(C)(C)C. The maximum absolute atomic E-state index is 10.4. The summed E-state index contributed by atoms with van der Waals surface area (Å²) in [4.78, 5) is 0. The summed E-state index contributed by atoms with van der Waals surface area (Å²) < 4.78 is 1.69. The molecule has 5 nitrogen and oxygen atoms in total. The summed E-state index contributed by atoms with van der Waals surface area (Å²) in [5.74, 6) is 0.507. The molecule has 1 atom stereocenters. The van der Waals surface area contributed by atoms with Gasteiger partial charge in [0.2, 0.25) is 0 Å². The third kappa shape index (κ3) is 1.53. The van der Waals surface area contributed by atoms with Gasteiger partial charge in [-0.15, -0.1) is 10.2 Å². The van der Waals surface area contributed by atoms with Crippen LogP contribution in [0.15, 0.2) is 6.33 Å². The van der Waals surface area contributed by atoms with Gasteiger partial charge in [-0.2, -0.15) is 0 Å². The molecule has 0 bridgehead atoms. The van der Waals surface area contributed by atoms with Crippen molar-refractivity contribution in [1.29, 1.82) is 0 Å². The molecule has 1 aromatic heterocycles. The van der Waals surface area contributed by atoms with E-state index in [4.69, 9.17) is 5.73 Å². The van der Waals surface area contributed by atoms with Gasteiger partial charge in [-0.1, -0.05) is 20.8 Å². The van der Waals surface area contributed by atoms with Crippen LogP contribution in [-0.2, 0) is 12.6 Å². The molecule has 0 aromatic carbocycles. The molecule has 0 radical (unpaired) electrons. The van der Waals surface area contributed by atoms with Crippen LogP contribution in [0.2, 0.25) is 0 Å². The van der Waals surface area contributed by atoms with Gasteiger partial charge >= 0.3 is 0 Å². The first-order chi connectivity index (χ1) is 6.33. The molecule has 80 valence electrons. The lowest BCUT2D eigenvalue weighted by atomic mass is 9.76. The van der Waals surface area contributed by atoms with Crippen LogP contribution < -0.4 is 5.73 Å². The number of aromatic nitrogens is 3. The van der Waals surface area contributed by atoms with Crippen LogP contribution in [0.5, 0.6) is 0 Å². The summed E-state index contributed by atoms with van der Waals surface area (Å²) in [6.45, 7) is 5.90. The van der Waals surface area contributed by atoms with Gasteiger partial charge in [-0.3, -0.25) is 0 Å². The second-order valence-corrected chi connectivity index (χ2v) is 4.58. The van der Waals surface area contributed by atoms with Crippen molar-refractivity contribution in [1.82, 2.24) is 14.8 Å². The maximum Gasteiger partial charge on any atom is 0.166 e. The molecule has 0 aliphatic heterocycles. The summed E-state index contributed by atoms with van der Waals surface area (Å²) in [6, 6.07) is 0. The fourth-order valence-corrected chi connectivity index (χ4v) is 1.39. The number of aryl methyl sites for hydroxylation is 1. The van der Waals surface area contributed by atoms with Crippen LogP contribution in [0.25, 0.3) is 0 Å². The van der Waals surface area contributed by atoms with E-state index in [1.165, 1.54) is 0 Å². The van der Waals surface area contributed by atoms with E-state index >= 15 is 0 Å². The van der Waals surface area contributed by atoms with Crippen molar-refractivity contribution < 1.29 is 5.11 Å². The Bertz CT molecular complexity index is 315. The highest BCUT2D eigenvalue weighted by molar-refractivity contribution is 5.07. The summed E-state index contributed by atoms with van der Waals surface area (Å²) in [6.07, 6.45) is 1.56. The number of aliphatic hydroxyl groups is 1. The molecule has 0 amide bonds. The van der Waals surface area contributed by atoms with E-state index in [1.54, 1.807) is 17.9 Å². The minimum atomic E-state index is -1.14. The predicted octanol–water partition coefficient (Wildman–Crippen LogP) is 0.00750. The Kier molecular flexibility index (Phi) is 2.65. The monoisotopic (exact) mass is 198 g/mol. The van der Waals surface area contributed by atoms with Gasteiger partial charge in [0.15, 0.2) is 5.82 Å². The zero-order valence-electron chi connectivity index (χ0n) is 9.15. The molecule has 0 fully saturated rings. The van der Waals surface area contributed by atoms with E-state index in [1.807, 2.05) is 20.8 Å². The van der Waals surface area contributed by atoms with E-state index in [0.29, 0.717) is 5.82 Å². The molecule has 0 saturated carbocycles. The topological polar surface area (TPSA) is 77.0 Å². The molecular formula is C9H18N4O. The van der Waals surface area contributed by atoms with Crippen LogP contribution in [-0.4, -0.2) is 26.4 Å². The highest BCUT2D eigenvalue weighted by Gasteiger charge is 2.44. The van der Waals surface area contributed by atoms with Gasteiger partial charge in [-0.05, 0) is 5.41 Å². The third-order valence-corrected chi connectivity index (χ3v) is 2.62. The third-order valence-electron chi connectivity index (χ3n) is 2.62. The smallest absolute Gasteiger partial charge is 0.166 e. The Balaban J connectivity index is 3.22. The van der Waals surface area contributed by atoms with Gasteiger partial charge < -0.3 is 15.4 Å². The highest BCUT2D eigenvalue weighted by atomic mass is 16.3. The first-order valence-corrected chi connectivity index (χ1v) is 4.60. The number of hydrogen-bond donors (Lipinski definition) is 2. The zero-order valence-corrected chi connectivity index (χ0v) is 9.15. The standard InChI is InChI=1S/C9H18N4O/c1-8(2,3)9(14,5-10)7-12-11-6-13(7)4/h6,14H,5,10H2,1-4H3. The number of rotatable bonds is 2. The highest BCUT2D eigenvalue weighted by Crippen LogP contribution is 2.36. The fraction of sp³-hybridized carbons (Fsp3) is 0.778. The average molecular weight is 198 g/mol. The molecule has 14 heavy (non-hydrogen) atoms. The van der Waals surface area contributed by atoms with Gasteiger partial charge in [0.25, 0.3) is 0 Å². The van der Waals surface area contributed by atoms with Gasteiger partial charge in [-0.25, -0.2) is 0 Å². The summed E-state index contributed by atoms with van der Waals surface area (Å²) in [7, 11) is 1.79. The van der Waals surface area contributed by atoms with Gasteiger partial charge in [0.1, 0.15) is 11.9 Å². The predicted molar refractivity (Wildman–Crippen MR) is 53.4 cm³/mol. The summed E-state index contributed by atoms with van der Waals surface area (Å²) in [5.41, 5.74) is 4.11. The fourth-order valence-electron chi connectivity index (χ4n) is 1.39. The molecule has 1 aromatic rings. The second kappa shape index (κ2) is 3.33. The van der Waals surface area contributed by atoms with Crippen molar-refractivity contribution >= 4 is 0 Å². The van der Waals surface area contributed by atoms with E-state index in [0.717, 1.165) is 0 Å². The Hall–Kier alpha value is -0.940. The lowest BCUT2D eigenvalue weighted by molar-refractivity contribution is -0.0653. The second-order valence-electron chi connectivity index (χ2n) is 4.58. The first-order valence-electron chi connectivity index (χ1n) is 4.60. The van der Waals surface area contributed by atoms with Crippen molar-refractivity contribution in [2.24, 2.45) is 18.2 Å². The van der Waals surface area contributed by atoms with Gasteiger partial charge in [0, 0.05) is 13.6 Å². The van der Waals surface area contributed by atoms with Gasteiger partial charge in [0.05, 0.1) is 0 Å². The zero-order chi connectivity index (χ0) is 11.0. The lowest BCUT2D eigenvalue weighted by Crippen LogP contribution is -2.48. The minimum Gasteiger partial charge on any atom is -0.380 e. The summed E-state index contributed by atoms with van der Waals surface area (Å²) in [5, 5.41) is 18.1. The van der Waals surface area contributed by atoms with Crippen LogP contribution in [0.1, 0.15) is 26.6 Å². The molecule has 1 unspecified atom stereocenters. The van der Waals surface area contributed by atoms with E-state index in [2.05, 4.69) is 10.2 Å². The van der Waals surface area contributed by atoms with Crippen LogP contribution >= 0.6 is 0 Å². The van der Waals surface area contributed by atoms with E-state index < -0.39 is 5.60 Å². The molecule has 1 rings (SSSR count). The average Bonchev–Trinajstić information content (AvgIpc) is 2.48. The maximum atomic E-state index is 10.4. The Labute approximate surface area is 83.9 Å². The van der Waals surface area contributed by atoms with Crippen molar-refractivity contribution in [3.8, 4) is 0 Å². The normalized spacial score (nSPS) is 16.7. The molecule has 5 heteroatoms. The number of hydrogen-bond acceptors (Lipinski definition) is 4. The van der Waals surface area contributed by atoms with E-state index in [-0.39, 0.29) is 12.0 Å². The number of nitrogens with two attached hydrogens (primary N) is 1. The molecule has 3 N–H and O–H groups in total. The van der Waals surface area contributed by atoms with Crippen LogP contribution in [0.4, 0.5) is 0 Å². The lowest BCUT2D eigenvalue weighted by Gasteiger charge is -2.38. The molecule has 1 heterocycles. The van der Waals surface area contributed by atoms with E-state index in [9.17, 15) is 5.11 Å². The molecule has 0 aliphatic rings. The largest absolute Gasteiger partial charge is 0.380 e. The van der Waals surface area contributed by atoms with Crippen LogP contribution in [0.3, 0.4) is 0 Å². The number of nitrogens with zero attached hydrogens (tertiary/aromatic N) is 3. The molecule has 0 aliphatic carbocycles. The first kappa shape index (κ1) is 11.1. The Morgan fingerprint density at radius 3 is 2.36 bits per heavy atom. The molecule has 0 spiro atoms.